The first-order valence-electron chi connectivity index (χ1n) is 11.3. The van der Waals surface area contributed by atoms with E-state index in [4.69, 9.17) is 23.2 Å². The minimum atomic E-state index is 0.0703. The summed E-state index contributed by atoms with van der Waals surface area (Å²) < 4.78 is 2.03. The van der Waals surface area contributed by atoms with Gasteiger partial charge < -0.3 is 9.88 Å². The van der Waals surface area contributed by atoms with Crippen LogP contribution >= 0.6 is 23.2 Å². The van der Waals surface area contributed by atoms with Crippen LogP contribution in [0.1, 0.15) is 12.0 Å². The van der Waals surface area contributed by atoms with E-state index in [9.17, 15) is 4.79 Å². The monoisotopic (exact) mass is 485 g/mol. The molecule has 1 aliphatic heterocycles. The molecule has 0 radical (unpaired) electrons. The molecule has 0 aliphatic carbocycles. The number of carbonyl (C=O) groups excluding carboxylic acids is 1. The number of nitrogens with one attached hydrogen (secondary N) is 1. The van der Waals surface area contributed by atoms with Crippen LogP contribution in [0, 0.1) is 0 Å². The molecule has 0 spiro atoms. The first-order valence-corrected chi connectivity index (χ1v) is 12.1. The van der Waals surface area contributed by atoms with Gasteiger partial charge in [0.15, 0.2) is 0 Å². The molecule has 1 fully saturated rings. The summed E-state index contributed by atoms with van der Waals surface area (Å²) in [5.74, 6) is 0.961. The normalized spacial score (nSPS) is 15.0. The number of imidazole rings is 1. The van der Waals surface area contributed by atoms with Gasteiger partial charge >= 0.3 is 0 Å². The number of hydrogen-bond acceptors (Lipinski definition) is 4. The molecular formula is C25H29Cl2N5O. The second-order valence-corrected chi connectivity index (χ2v) is 9.09. The average Bonchev–Trinajstić information content (AvgIpc) is 3.31. The van der Waals surface area contributed by atoms with Crippen molar-refractivity contribution in [1.82, 2.24) is 24.7 Å². The largest absolute Gasteiger partial charge is 0.355 e. The molecule has 1 saturated heterocycles. The van der Waals surface area contributed by atoms with Gasteiger partial charge in [0.2, 0.25) is 5.91 Å². The maximum Gasteiger partial charge on any atom is 0.221 e. The zero-order chi connectivity index (χ0) is 23.0. The minimum absolute atomic E-state index is 0.0703. The number of nitrogens with zero attached hydrogens (tertiary/aromatic N) is 4. The van der Waals surface area contributed by atoms with Gasteiger partial charge in [0.25, 0.3) is 0 Å². The fraction of sp³-hybridized carbons (Fsp3) is 0.360. The lowest BCUT2D eigenvalue weighted by Crippen LogP contribution is -2.48. The highest BCUT2D eigenvalue weighted by Crippen LogP contribution is 2.23. The van der Waals surface area contributed by atoms with E-state index in [-0.39, 0.29) is 5.91 Å². The Kier molecular flexibility index (Phi) is 8.40. The van der Waals surface area contributed by atoms with Crippen LogP contribution in [-0.2, 0) is 17.9 Å². The number of halogens is 2. The van der Waals surface area contributed by atoms with Crippen LogP contribution in [0.3, 0.4) is 0 Å². The molecule has 6 nitrogen and oxygen atoms in total. The van der Waals surface area contributed by atoms with E-state index < -0.39 is 0 Å². The number of aryl methyl sites for hydroxylation is 1. The molecule has 4 rings (SSSR count). The first kappa shape index (κ1) is 23.8. The molecule has 0 unspecified atom stereocenters. The zero-order valence-corrected chi connectivity index (χ0v) is 20.1. The molecule has 1 aromatic heterocycles. The zero-order valence-electron chi connectivity index (χ0n) is 18.6. The van der Waals surface area contributed by atoms with Crippen LogP contribution in [0.5, 0.6) is 0 Å². The van der Waals surface area contributed by atoms with Gasteiger partial charge in [-0.25, -0.2) is 4.98 Å². The number of benzene rings is 2. The van der Waals surface area contributed by atoms with Crippen molar-refractivity contribution in [3.63, 3.8) is 0 Å². The lowest BCUT2D eigenvalue weighted by atomic mass is 10.2. The summed E-state index contributed by atoms with van der Waals surface area (Å²) in [6.45, 7) is 7.01. The summed E-state index contributed by atoms with van der Waals surface area (Å²) in [7, 11) is 0. The Balaban J connectivity index is 1.13. The topological polar surface area (TPSA) is 53.4 Å². The van der Waals surface area contributed by atoms with Crippen LogP contribution in [0.4, 0.5) is 0 Å². The minimum Gasteiger partial charge on any atom is -0.355 e. The summed E-state index contributed by atoms with van der Waals surface area (Å²) in [6.07, 6.45) is 4.14. The highest BCUT2D eigenvalue weighted by molar-refractivity contribution is 6.42. The van der Waals surface area contributed by atoms with E-state index in [2.05, 4.69) is 20.1 Å². The summed E-state index contributed by atoms with van der Waals surface area (Å²) >= 11 is 12.1. The molecule has 8 heteroatoms. The van der Waals surface area contributed by atoms with Gasteiger partial charge in [-0.2, -0.15) is 0 Å². The van der Waals surface area contributed by atoms with Crippen molar-refractivity contribution < 1.29 is 4.79 Å². The van der Waals surface area contributed by atoms with Crippen molar-refractivity contribution in [2.24, 2.45) is 0 Å². The predicted octanol–water partition coefficient (Wildman–Crippen LogP) is 4.18. The van der Waals surface area contributed by atoms with Crippen molar-refractivity contribution in [2.45, 2.75) is 19.5 Å². The Morgan fingerprint density at radius 1 is 0.939 bits per heavy atom. The Hall–Kier alpha value is -2.38. The second kappa shape index (κ2) is 11.7. The van der Waals surface area contributed by atoms with Crippen LogP contribution < -0.4 is 5.32 Å². The quantitative estimate of drug-likeness (QED) is 0.493. The third kappa shape index (κ3) is 6.81. The van der Waals surface area contributed by atoms with Crippen molar-refractivity contribution in [1.29, 1.82) is 0 Å². The van der Waals surface area contributed by atoms with E-state index in [0.29, 0.717) is 29.6 Å². The summed E-state index contributed by atoms with van der Waals surface area (Å²) in [5.41, 5.74) is 2.24. The van der Waals surface area contributed by atoms with E-state index in [1.54, 1.807) is 6.20 Å². The lowest BCUT2D eigenvalue weighted by Gasteiger charge is -2.34. The maximum atomic E-state index is 12.3. The molecule has 174 valence electrons. The van der Waals surface area contributed by atoms with Gasteiger partial charge in [0.05, 0.1) is 10.0 Å². The molecular weight excluding hydrogens is 457 g/mol. The molecule has 3 aromatic rings. The van der Waals surface area contributed by atoms with E-state index in [0.717, 1.165) is 50.7 Å². The van der Waals surface area contributed by atoms with Gasteiger partial charge in [0, 0.05) is 76.7 Å². The molecule has 1 amide bonds. The van der Waals surface area contributed by atoms with E-state index >= 15 is 0 Å². The number of hydrogen-bond donors (Lipinski definition) is 1. The fourth-order valence-electron chi connectivity index (χ4n) is 4.07. The molecule has 1 N–H and O–H groups in total. The van der Waals surface area contributed by atoms with Crippen LogP contribution in [0.2, 0.25) is 10.0 Å². The standard InChI is InChI=1S/C25H29Cl2N5O/c26-22-7-6-20(18-23(22)27)19-31-16-14-30(15-17-31)12-9-28-24(33)8-11-32-13-10-29-25(32)21-4-2-1-3-5-21/h1-7,10,13,18H,8-9,11-12,14-17,19H2,(H,28,33). The van der Waals surface area contributed by atoms with Gasteiger partial charge in [-0.3, -0.25) is 14.6 Å². The Morgan fingerprint density at radius 3 is 2.45 bits per heavy atom. The van der Waals surface area contributed by atoms with Crippen molar-refractivity contribution in [2.75, 3.05) is 39.3 Å². The SMILES string of the molecule is O=C(CCn1ccnc1-c1ccccc1)NCCN1CCN(Cc2ccc(Cl)c(Cl)c2)CC1. The predicted molar refractivity (Wildman–Crippen MR) is 133 cm³/mol. The Bertz CT molecular complexity index is 1050. The third-order valence-corrected chi connectivity index (χ3v) is 6.67. The first-order chi connectivity index (χ1) is 16.1. The molecule has 33 heavy (non-hydrogen) atoms. The van der Waals surface area contributed by atoms with Gasteiger partial charge in [0.1, 0.15) is 5.82 Å². The second-order valence-electron chi connectivity index (χ2n) is 8.28. The molecule has 2 aromatic carbocycles. The summed E-state index contributed by atoms with van der Waals surface area (Å²) in [4.78, 5) is 21.6. The molecule has 0 bridgehead atoms. The van der Waals surface area contributed by atoms with Crippen molar-refractivity contribution in [3.05, 3.63) is 76.5 Å². The number of carbonyl (C=O) groups is 1. The maximum absolute atomic E-state index is 12.3. The van der Waals surface area contributed by atoms with Crippen LogP contribution in [0.15, 0.2) is 60.9 Å². The molecule has 2 heterocycles. The summed E-state index contributed by atoms with van der Waals surface area (Å²) in [6, 6.07) is 15.9. The van der Waals surface area contributed by atoms with Crippen molar-refractivity contribution in [3.8, 4) is 11.4 Å². The van der Waals surface area contributed by atoms with Gasteiger partial charge in [-0.05, 0) is 17.7 Å². The molecule has 0 saturated carbocycles. The summed E-state index contributed by atoms with van der Waals surface area (Å²) in [5, 5.41) is 4.26. The lowest BCUT2D eigenvalue weighted by molar-refractivity contribution is -0.121. The van der Waals surface area contributed by atoms with Gasteiger partial charge in [-0.1, -0.05) is 59.6 Å². The smallest absolute Gasteiger partial charge is 0.221 e. The van der Waals surface area contributed by atoms with Crippen LogP contribution in [0.25, 0.3) is 11.4 Å². The molecule has 1 aliphatic rings. The van der Waals surface area contributed by atoms with E-state index in [1.807, 2.05) is 59.3 Å². The van der Waals surface area contributed by atoms with E-state index in [1.165, 1.54) is 5.56 Å². The number of amides is 1. The average molecular weight is 486 g/mol. The van der Waals surface area contributed by atoms with Crippen LogP contribution in [-0.4, -0.2) is 64.5 Å². The Morgan fingerprint density at radius 2 is 1.70 bits per heavy atom. The fourth-order valence-corrected chi connectivity index (χ4v) is 4.39. The number of aromatic nitrogens is 2. The molecule has 0 atom stereocenters. The third-order valence-electron chi connectivity index (χ3n) is 5.93. The highest BCUT2D eigenvalue weighted by atomic mass is 35.5. The highest BCUT2D eigenvalue weighted by Gasteiger charge is 2.17. The number of piperazine rings is 1. The Labute approximate surface area is 205 Å². The van der Waals surface area contributed by atoms with Crippen molar-refractivity contribution >= 4 is 29.1 Å². The number of rotatable bonds is 9. The van der Waals surface area contributed by atoms with Gasteiger partial charge in [-0.15, -0.1) is 0 Å².